The molecule has 0 aliphatic carbocycles. The van der Waals surface area contributed by atoms with Crippen molar-refractivity contribution in [2.75, 3.05) is 36.5 Å². The lowest BCUT2D eigenvalue weighted by atomic mass is 10.0. The number of aromatic carboxylic acids is 1. The molecule has 0 spiro atoms. The molecule has 3 heterocycles. The minimum Gasteiger partial charge on any atom is -0.478 e. The van der Waals surface area contributed by atoms with E-state index in [-0.39, 0.29) is 11.5 Å². The molecule has 0 unspecified atom stereocenters. The molecule has 0 atom stereocenters. The third-order valence-corrected chi connectivity index (χ3v) is 6.51. The van der Waals surface area contributed by atoms with Gasteiger partial charge in [0.05, 0.1) is 41.2 Å². The Labute approximate surface area is 207 Å². The van der Waals surface area contributed by atoms with Gasteiger partial charge in [-0.3, -0.25) is 0 Å². The molecule has 1 aliphatic heterocycles. The Kier molecular flexibility index (Phi) is 6.27. The lowest BCUT2D eigenvalue weighted by Crippen LogP contribution is -2.37. The van der Waals surface area contributed by atoms with Crippen LogP contribution in [0.5, 0.6) is 0 Å². The second-order valence-electron chi connectivity index (χ2n) is 8.50. The minimum atomic E-state index is -1.06. The number of hydrogen-bond acceptors (Lipinski definition) is 7. The molecule has 35 heavy (non-hydrogen) atoms. The SMILES string of the molecule is Cc1cccc(C)c1CNc1cc2c(N3CCOCC3)nc(-n3cc(C(=O)O)cn3)nc2cc1Cl. The largest absolute Gasteiger partial charge is 0.478 e. The van der Waals surface area contributed by atoms with Gasteiger partial charge in [0, 0.05) is 31.2 Å². The summed E-state index contributed by atoms with van der Waals surface area (Å²) in [5, 5.41) is 18.3. The fourth-order valence-electron chi connectivity index (χ4n) is 4.23. The Balaban J connectivity index is 1.57. The average Bonchev–Trinajstić information content (AvgIpc) is 3.35. The first kappa shape index (κ1) is 23.1. The number of fused-ring (bicyclic) bond motifs is 1. The normalized spacial score (nSPS) is 13.9. The van der Waals surface area contributed by atoms with E-state index in [4.69, 9.17) is 21.3 Å². The standard InChI is InChI=1S/C25H25ClN6O3/c1-15-4-3-5-16(2)19(15)13-27-22-10-18-21(11-20(22)26)29-25(32-14-17(12-28-32)24(33)34)30-23(18)31-6-8-35-9-7-31/h3-5,10-12,14,27H,6-9,13H2,1-2H3,(H,33,34). The molecule has 10 heteroatoms. The van der Waals surface area contributed by atoms with Crippen LogP contribution < -0.4 is 10.2 Å². The third kappa shape index (κ3) is 4.65. The second-order valence-corrected chi connectivity index (χ2v) is 8.91. The van der Waals surface area contributed by atoms with E-state index in [0.29, 0.717) is 43.4 Å². The number of halogens is 1. The zero-order valence-electron chi connectivity index (χ0n) is 19.5. The Morgan fingerprint density at radius 2 is 1.91 bits per heavy atom. The molecule has 4 aromatic rings. The number of nitrogens with zero attached hydrogens (tertiary/aromatic N) is 5. The molecule has 9 nitrogen and oxygen atoms in total. The number of ether oxygens (including phenoxy) is 1. The van der Waals surface area contributed by atoms with E-state index in [1.54, 1.807) is 6.07 Å². The van der Waals surface area contributed by atoms with Gasteiger partial charge in [-0.15, -0.1) is 0 Å². The van der Waals surface area contributed by atoms with Gasteiger partial charge in [-0.2, -0.15) is 10.1 Å². The molecule has 5 rings (SSSR count). The second kappa shape index (κ2) is 9.52. The summed E-state index contributed by atoms with van der Waals surface area (Å²) in [5.74, 6) is -0.0561. The van der Waals surface area contributed by atoms with Crippen LogP contribution in [0, 0.1) is 13.8 Å². The van der Waals surface area contributed by atoms with E-state index in [1.165, 1.54) is 33.8 Å². The average molecular weight is 493 g/mol. The molecule has 180 valence electrons. The lowest BCUT2D eigenvalue weighted by molar-refractivity contribution is 0.0697. The van der Waals surface area contributed by atoms with Crippen LogP contribution in [-0.4, -0.2) is 57.1 Å². The maximum absolute atomic E-state index is 11.3. The van der Waals surface area contributed by atoms with Crippen molar-refractivity contribution in [1.82, 2.24) is 19.7 Å². The van der Waals surface area contributed by atoms with Crippen molar-refractivity contribution in [1.29, 1.82) is 0 Å². The van der Waals surface area contributed by atoms with Gasteiger partial charge in [0.1, 0.15) is 5.82 Å². The predicted octanol–water partition coefficient (Wildman–Crippen LogP) is 4.23. The molecule has 1 saturated heterocycles. The number of carbonyl (C=O) groups is 1. The molecule has 0 radical (unpaired) electrons. The lowest BCUT2D eigenvalue weighted by Gasteiger charge is -2.29. The number of aryl methyl sites for hydroxylation is 2. The molecule has 0 bridgehead atoms. The maximum Gasteiger partial charge on any atom is 0.338 e. The molecule has 2 aromatic heterocycles. The van der Waals surface area contributed by atoms with Crippen molar-refractivity contribution in [3.05, 3.63) is 70.0 Å². The number of hydrogen-bond donors (Lipinski definition) is 2. The first-order valence-corrected chi connectivity index (χ1v) is 11.7. The topological polar surface area (TPSA) is 105 Å². The van der Waals surface area contributed by atoms with Crippen LogP contribution in [0.1, 0.15) is 27.0 Å². The smallest absolute Gasteiger partial charge is 0.338 e. The Bertz CT molecular complexity index is 1390. The molecular weight excluding hydrogens is 468 g/mol. The van der Waals surface area contributed by atoms with Gasteiger partial charge in [0.2, 0.25) is 0 Å². The molecule has 1 aliphatic rings. The van der Waals surface area contributed by atoms with Gasteiger partial charge in [0.15, 0.2) is 0 Å². The van der Waals surface area contributed by atoms with Crippen LogP contribution in [0.2, 0.25) is 5.02 Å². The van der Waals surface area contributed by atoms with Gasteiger partial charge in [-0.1, -0.05) is 29.8 Å². The van der Waals surface area contributed by atoms with E-state index in [1.807, 2.05) is 6.07 Å². The Morgan fingerprint density at radius 3 is 2.60 bits per heavy atom. The number of anilines is 2. The molecule has 2 aromatic carbocycles. The van der Waals surface area contributed by atoms with Crippen molar-refractivity contribution in [3.8, 4) is 5.95 Å². The van der Waals surface area contributed by atoms with E-state index >= 15 is 0 Å². The van der Waals surface area contributed by atoms with Crippen molar-refractivity contribution in [2.24, 2.45) is 0 Å². The van der Waals surface area contributed by atoms with Crippen LogP contribution in [-0.2, 0) is 11.3 Å². The highest BCUT2D eigenvalue weighted by atomic mass is 35.5. The highest BCUT2D eigenvalue weighted by molar-refractivity contribution is 6.34. The van der Waals surface area contributed by atoms with Crippen molar-refractivity contribution in [3.63, 3.8) is 0 Å². The van der Waals surface area contributed by atoms with E-state index in [9.17, 15) is 9.90 Å². The van der Waals surface area contributed by atoms with Crippen LogP contribution in [0.3, 0.4) is 0 Å². The monoisotopic (exact) mass is 492 g/mol. The summed E-state index contributed by atoms with van der Waals surface area (Å²) < 4.78 is 6.90. The van der Waals surface area contributed by atoms with Crippen molar-refractivity contribution < 1.29 is 14.6 Å². The van der Waals surface area contributed by atoms with E-state index < -0.39 is 5.97 Å². The predicted molar refractivity (Wildman–Crippen MR) is 135 cm³/mol. The summed E-state index contributed by atoms with van der Waals surface area (Å²) in [6, 6.07) is 10.0. The highest BCUT2D eigenvalue weighted by Crippen LogP contribution is 2.33. The molecule has 0 amide bonds. The number of carboxylic acid groups (broad SMARTS) is 1. The molecular formula is C25H25ClN6O3. The molecule has 1 fully saturated rings. The molecule has 2 N–H and O–H groups in total. The molecule has 0 saturated carbocycles. The first-order valence-electron chi connectivity index (χ1n) is 11.3. The summed E-state index contributed by atoms with van der Waals surface area (Å²) in [6.45, 7) is 7.39. The van der Waals surface area contributed by atoms with E-state index in [2.05, 4.69) is 52.3 Å². The minimum absolute atomic E-state index is 0.0608. The van der Waals surface area contributed by atoms with Gasteiger partial charge >= 0.3 is 5.97 Å². The van der Waals surface area contributed by atoms with Gasteiger partial charge < -0.3 is 20.1 Å². The van der Waals surface area contributed by atoms with Crippen molar-refractivity contribution in [2.45, 2.75) is 20.4 Å². The summed E-state index contributed by atoms with van der Waals surface area (Å²) in [5.41, 5.74) is 5.17. The number of carboxylic acids is 1. The van der Waals surface area contributed by atoms with Crippen LogP contribution >= 0.6 is 11.6 Å². The summed E-state index contributed by atoms with van der Waals surface area (Å²) in [4.78, 5) is 22.9. The van der Waals surface area contributed by atoms with Gasteiger partial charge in [-0.25, -0.2) is 14.5 Å². The first-order chi connectivity index (χ1) is 16.9. The summed E-state index contributed by atoms with van der Waals surface area (Å²) in [6.07, 6.45) is 2.67. The Morgan fingerprint density at radius 1 is 1.17 bits per heavy atom. The zero-order valence-corrected chi connectivity index (χ0v) is 20.2. The number of aromatic nitrogens is 4. The maximum atomic E-state index is 11.3. The van der Waals surface area contributed by atoms with Gasteiger partial charge in [-0.05, 0) is 42.7 Å². The van der Waals surface area contributed by atoms with Gasteiger partial charge in [0.25, 0.3) is 5.95 Å². The quantitative estimate of drug-likeness (QED) is 0.412. The fraction of sp³-hybridized carbons (Fsp3) is 0.280. The van der Waals surface area contributed by atoms with Crippen LogP contribution in [0.25, 0.3) is 16.9 Å². The third-order valence-electron chi connectivity index (χ3n) is 6.20. The number of nitrogens with one attached hydrogen (secondary N) is 1. The summed E-state index contributed by atoms with van der Waals surface area (Å²) >= 11 is 6.67. The van der Waals surface area contributed by atoms with E-state index in [0.717, 1.165) is 16.9 Å². The van der Waals surface area contributed by atoms with Crippen LogP contribution in [0.15, 0.2) is 42.7 Å². The van der Waals surface area contributed by atoms with Crippen molar-refractivity contribution >= 4 is 40.0 Å². The Hall–Kier alpha value is -3.69. The number of rotatable bonds is 6. The highest BCUT2D eigenvalue weighted by Gasteiger charge is 2.20. The zero-order chi connectivity index (χ0) is 24.5. The summed E-state index contributed by atoms with van der Waals surface area (Å²) in [7, 11) is 0. The number of benzene rings is 2. The number of morpholine rings is 1. The fourth-order valence-corrected chi connectivity index (χ4v) is 4.45. The van der Waals surface area contributed by atoms with Crippen LogP contribution in [0.4, 0.5) is 11.5 Å².